The number of hydrogen-bond acceptors (Lipinski definition) is 5. The van der Waals surface area contributed by atoms with Crippen molar-refractivity contribution in [3.63, 3.8) is 0 Å². The molecule has 0 amide bonds. The number of nitrogens with two attached hydrogens (primary N) is 1. The summed E-state index contributed by atoms with van der Waals surface area (Å²) in [7, 11) is 1.60. The van der Waals surface area contributed by atoms with E-state index in [0.717, 1.165) is 10.8 Å². The number of thiazole rings is 1. The van der Waals surface area contributed by atoms with E-state index in [0.29, 0.717) is 11.4 Å². The summed E-state index contributed by atoms with van der Waals surface area (Å²) in [6.07, 6.45) is 1.83. The average Bonchev–Trinajstić information content (AvgIpc) is 2.64. The molecule has 0 aliphatic carbocycles. The van der Waals surface area contributed by atoms with Crippen LogP contribution >= 0.6 is 11.3 Å². The van der Waals surface area contributed by atoms with Gasteiger partial charge in [0.25, 0.3) is 0 Å². The first-order valence-electron chi connectivity index (χ1n) is 4.82. The average molecular weight is 235 g/mol. The maximum absolute atomic E-state index is 5.81. The van der Waals surface area contributed by atoms with Gasteiger partial charge < -0.3 is 15.8 Å². The molecule has 2 rings (SSSR count). The van der Waals surface area contributed by atoms with Crippen LogP contribution in [0.4, 0.5) is 16.5 Å². The number of aromatic nitrogens is 1. The molecule has 0 unspecified atom stereocenters. The van der Waals surface area contributed by atoms with Gasteiger partial charge in [0.15, 0.2) is 5.13 Å². The van der Waals surface area contributed by atoms with Gasteiger partial charge in [-0.05, 0) is 25.1 Å². The van der Waals surface area contributed by atoms with Gasteiger partial charge in [0.05, 0.1) is 12.8 Å². The molecule has 0 spiro atoms. The molecule has 0 radical (unpaired) electrons. The van der Waals surface area contributed by atoms with Gasteiger partial charge in [0.1, 0.15) is 5.75 Å². The Morgan fingerprint density at radius 1 is 1.44 bits per heavy atom. The molecular weight excluding hydrogens is 222 g/mol. The first-order valence-corrected chi connectivity index (χ1v) is 5.63. The van der Waals surface area contributed by atoms with E-state index in [1.807, 2.05) is 31.3 Å². The Morgan fingerprint density at radius 3 is 2.81 bits per heavy atom. The van der Waals surface area contributed by atoms with Crippen molar-refractivity contribution >= 4 is 27.8 Å². The summed E-state index contributed by atoms with van der Waals surface area (Å²) in [6.45, 7) is 2.02. The summed E-state index contributed by atoms with van der Waals surface area (Å²) in [5.41, 5.74) is 7.33. The Labute approximate surface area is 98.1 Å². The summed E-state index contributed by atoms with van der Waals surface area (Å²) >= 11 is 1.60. The predicted molar refractivity (Wildman–Crippen MR) is 67.5 cm³/mol. The molecule has 0 atom stereocenters. The minimum atomic E-state index is 0.612. The van der Waals surface area contributed by atoms with Gasteiger partial charge in [-0.3, -0.25) is 0 Å². The molecule has 0 saturated heterocycles. The summed E-state index contributed by atoms with van der Waals surface area (Å²) < 4.78 is 5.09. The Bertz CT molecular complexity index is 496. The fourth-order valence-corrected chi connectivity index (χ4v) is 2.03. The van der Waals surface area contributed by atoms with Gasteiger partial charge in [0, 0.05) is 16.8 Å². The Morgan fingerprint density at radius 2 is 2.25 bits per heavy atom. The molecule has 0 saturated carbocycles. The summed E-state index contributed by atoms with van der Waals surface area (Å²) in [5, 5.41) is 4.05. The molecule has 1 aromatic carbocycles. The summed E-state index contributed by atoms with van der Waals surface area (Å²) in [4.78, 5) is 5.39. The van der Waals surface area contributed by atoms with E-state index in [1.54, 1.807) is 18.4 Å². The van der Waals surface area contributed by atoms with Crippen LogP contribution < -0.4 is 15.8 Å². The molecule has 0 bridgehead atoms. The van der Waals surface area contributed by atoms with Crippen molar-refractivity contribution in [3.05, 3.63) is 29.3 Å². The lowest BCUT2D eigenvalue weighted by Crippen LogP contribution is -1.95. The molecule has 3 N–H and O–H groups in total. The summed E-state index contributed by atoms with van der Waals surface area (Å²) in [6, 6.07) is 5.57. The highest BCUT2D eigenvalue weighted by atomic mass is 32.1. The van der Waals surface area contributed by atoms with E-state index in [4.69, 9.17) is 10.5 Å². The van der Waals surface area contributed by atoms with E-state index in [1.165, 1.54) is 4.88 Å². The molecular formula is C11H13N3OS. The fraction of sp³-hybridized carbons (Fsp3) is 0.182. The number of hydrogen-bond donors (Lipinski definition) is 2. The van der Waals surface area contributed by atoms with Crippen molar-refractivity contribution < 1.29 is 4.74 Å². The van der Waals surface area contributed by atoms with Crippen LogP contribution in [0.5, 0.6) is 5.75 Å². The number of nitrogens with one attached hydrogen (secondary N) is 1. The topological polar surface area (TPSA) is 60.2 Å². The molecule has 84 valence electrons. The van der Waals surface area contributed by atoms with Gasteiger partial charge in [-0.1, -0.05) is 0 Å². The molecule has 16 heavy (non-hydrogen) atoms. The third kappa shape index (κ3) is 2.25. The van der Waals surface area contributed by atoms with E-state index < -0.39 is 0 Å². The van der Waals surface area contributed by atoms with E-state index >= 15 is 0 Å². The van der Waals surface area contributed by atoms with Gasteiger partial charge in [-0.2, -0.15) is 0 Å². The van der Waals surface area contributed by atoms with Crippen LogP contribution in [0.1, 0.15) is 4.88 Å². The first kappa shape index (κ1) is 10.8. The zero-order valence-electron chi connectivity index (χ0n) is 9.15. The van der Waals surface area contributed by atoms with Crippen LogP contribution in [0.3, 0.4) is 0 Å². The number of rotatable bonds is 3. The number of aryl methyl sites for hydroxylation is 1. The molecule has 1 aromatic heterocycles. The zero-order valence-corrected chi connectivity index (χ0v) is 9.97. The van der Waals surface area contributed by atoms with E-state index in [2.05, 4.69) is 10.3 Å². The first-order chi connectivity index (χ1) is 7.69. The number of anilines is 3. The van der Waals surface area contributed by atoms with Crippen molar-refractivity contribution in [1.82, 2.24) is 4.98 Å². The second-order valence-electron chi connectivity index (χ2n) is 3.36. The minimum Gasteiger partial charge on any atom is -0.495 e. The third-order valence-corrected chi connectivity index (χ3v) is 2.93. The van der Waals surface area contributed by atoms with Crippen LogP contribution in [-0.2, 0) is 0 Å². The lowest BCUT2D eigenvalue weighted by Gasteiger charge is -2.07. The van der Waals surface area contributed by atoms with Crippen molar-refractivity contribution in [1.29, 1.82) is 0 Å². The smallest absolute Gasteiger partial charge is 0.187 e. The number of methoxy groups -OCH3 is 1. The monoisotopic (exact) mass is 235 g/mol. The zero-order chi connectivity index (χ0) is 11.5. The Kier molecular flexibility index (Phi) is 2.96. The predicted octanol–water partition coefficient (Wildman–Crippen LogP) is 2.79. The standard InChI is InChI=1S/C11H13N3OS/c1-7-6-13-11(16-7)14-8-3-4-10(15-2)9(12)5-8/h3-6H,12H2,1-2H3,(H,13,14). The van der Waals surface area contributed by atoms with Crippen LogP contribution in [0.15, 0.2) is 24.4 Å². The molecule has 0 aliphatic rings. The van der Waals surface area contributed by atoms with Crippen molar-refractivity contribution in [2.24, 2.45) is 0 Å². The Hall–Kier alpha value is -1.75. The third-order valence-electron chi connectivity index (χ3n) is 2.10. The second kappa shape index (κ2) is 4.40. The van der Waals surface area contributed by atoms with E-state index in [9.17, 15) is 0 Å². The highest BCUT2D eigenvalue weighted by Crippen LogP contribution is 2.27. The highest BCUT2D eigenvalue weighted by Gasteiger charge is 2.02. The van der Waals surface area contributed by atoms with Crippen LogP contribution in [-0.4, -0.2) is 12.1 Å². The number of benzene rings is 1. The second-order valence-corrected chi connectivity index (χ2v) is 4.59. The van der Waals surface area contributed by atoms with Crippen molar-refractivity contribution in [2.45, 2.75) is 6.92 Å². The number of nitrogen functional groups attached to an aromatic ring is 1. The lowest BCUT2D eigenvalue weighted by molar-refractivity contribution is 0.417. The van der Waals surface area contributed by atoms with E-state index in [-0.39, 0.29) is 0 Å². The summed E-state index contributed by atoms with van der Waals surface area (Å²) in [5.74, 6) is 0.681. The molecule has 4 nitrogen and oxygen atoms in total. The van der Waals surface area contributed by atoms with Crippen LogP contribution in [0.25, 0.3) is 0 Å². The largest absolute Gasteiger partial charge is 0.495 e. The van der Waals surface area contributed by atoms with Crippen LogP contribution in [0, 0.1) is 6.92 Å². The van der Waals surface area contributed by atoms with Crippen LogP contribution in [0.2, 0.25) is 0 Å². The molecule has 0 fully saturated rings. The quantitative estimate of drug-likeness (QED) is 0.803. The fourth-order valence-electron chi connectivity index (χ4n) is 1.35. The lowest BCUT2D eigenvalue weighted by atomic mass is 10.2. The van der Waals surface area contributed by atoms with Crippen molar-refractivity contribution in [2.75, 3.05) is 18.2 Å². The highest BCUT2D eigenvalue weighted by molar-refractivity contribution is 7.15. The van der Waals surface area contributed by atoms with Crippen molar-refractivity contribution in [3.8, 4) is 5.75 Å². The Balaban J connectivity index is 2.19. The van der Waals surface area contributed by atoms with Gasteiger partial charge in [0.2, 0.25) is 0 Å². The minimum absolute atomic E-state index is 0.612. The molecule has 5 heteroatoms. The molecule has 2 aromatic rings. The van der Waals surface area contributed by atoms with Gasteiger partial charge in [-0.25, -0.2) is 4.98 Å². The number of ether oxygens (including phenoxy) is 1. The number of nitrogens with zero attached hydrogens (tertiary/aromatic N) is 1. The SMILES string of the molecule is COc1ccc(Nc2ncc(C)s2)cc1N. The maximum Gasteiger partial charge on any atom is 0.187 e. The normalized spacial score (nSPS) is 10.1. The van der Waals surface area contributed by atoms with Gasteiger partial charge in [-0.15, -0.1) is 11.3 Å². The van der Waals surface area contributed by atoms with Gasteiger partial charge >= 0.3 is 0 Å². The molecule has 1 heterocycles. The maximum atomic E-state index is 5.81. The molecule has 0 aliphatic heterocycles.